The highest BCUT2D eigenvalue weighted by atomic mass is 32.2. The molecule has 0 saturated carbocycles. The Kier molecular flexibility index (Phi) is 5.58. The number of hydrogen-bond acceptors (Lipinski definition) is 4. The zero-order valence-electron chi connectivity index (χ0n) is 10.7. The fraction of sp³-hybridized carbons (Fsp3) is 0.500. The van der Waals surface area contributed by atoms with Crippen LogP contribution in [0.5, 0.6) is 5.75 Å². The molecule has 0 unspecified atom stereocenters. The van der Waals surface area contributed by atoms with E-state index < -0.39 is 10.0 Å². The highest BCUT2D eigenvalue weighted by Crippen LogP contribution is 2.20. The van der Waals surface area contributed by atoms with Crippen LogP contribution in [0.4, 0.5) is 0 Å². The lowest BCUT2D eigenvalue weighted by Gasteiger charge is -2.21. The number of para-hydroxylation sites is 1. The molecule has 0 bridgehead atoms. The number of hydrogen-bond donors (Lipinski definition) is 1. The van der Waals surface area contributed by atoms with Crippen molar-refractivity contribution in [1.82, 2.24) is 4.31 Å². The standard InChI is InChI=1S/C12H19NO4S/c1-3-18(15,16)13(8-9-14)10-11-6-4-5-7-12(11)17-2/h4-7,14H,3,8-10H2,1-2H3. The topological polar surface area (TPSA) is 66.8 Å². The van der Waals surface area contributed by atoms with Crippen LogP contribution in [0.1, 0.15) is 12.5 Å². The first-order valence-corrected chi connectivity index (χ1v) is 7.36. The van der Waals surface area contributed by atoms with E-state index in [1.165, 1.54) is 4.31 Å². The predicted molar refractivity (Wildman–Crippen MR) is 70.0 cm³/mol. The van der Waals surface area contributed by atoms with Crippen molar-refractivity contribution in [1.29, 1.82) is 0 Å². The first kappa shape index (κ1) is 14.9. The van der Waals surface area contributed by atoms with Gasteiger partial charge in [-0.05, 0) is 13.0 Å². The van der Waals surface area contributed by atoms with Crippen LogP contribution in [0.3, 0.4) is 0 Å². The largest absolute Gasteiger partial charge is 0.496 e. The predicted octanol–water partition coefficient (Wildman–Crippen LogP) is 0.839. The van der Waals surface area contributed by atoms with Gasteiger partial charge in [0, 0.05) is 18.7 Å². The van der Waals surface area contributed by atoms with Crippen molar-refractivity contribution in [3.63, 3.8) is 0 Å². The molecule has 1 N–H and O–H groups in total. The zero-order chi connectivity index (χ0) is 13.6. The van der Waals surface area contributed by atoms with Crippen LogP contribution in [-0.4, -0.2) is 43.8 Å². The maximum atomic E-state index is 11.9. The molecule has 1 aromatic carbocycles. The van der Waals surface area contributed by atoms with Crippen molar-refractivity contribution < 1.29 is 18.3 Å². The smallest absolute Gasteiger partial charge is 0.214 e. The van der Waals surface area contributed by atoms with E-state index in [1.54, 1.807) is 20.1 Å². The summed E-state index contributed by atoms with van der Waals surface area (Å²) in [5.41, 5.74) is 0.783. The van der Waals surface area contributed by atoms with Crippen molar-refractivity contribution >= 4 is 10.0 Å². The average molecular weight is 273 g/mol. The van der Waals surface area contributed by atoms with E-state index in [0.29, 0.717) is 5.75 Å². The second kappa shape index (κ2) is 6.72. The van der Waals surface area contributed by atoms with Gasteiger partial charge in [0.05, 0.1) is 19.5 Å². The molecule has 0 heterocycles. The molecule has 1 aromatic rings. The summed E-state index contributed by atoms with van der Waals surface area (Å²) in [6.07, 6.45) is 0. The van der Waals surface area contributed by atoms with E-state index >= 15 is 0 Å². The van der Waals surface area contributed by atoms with Crippen LogP contribution in [0.15, 0.2) is 24.3 Å². The average Bonchev–Trinajstić information content (AvgIpc) is 2.38. The van der Waals surface area contributed by atoms with Crippen LogP contribution in [0, 0.1) is 0 Å². The number of benzene rings is 1. The van der Waals surface area contributed by atoms with Gasteiger partial charge < -0.3 is 9.84 Å². The SMILES string of the molecule is CCS(=O)(=O)N(CCO)Cc1ccccc1OC. The number of rotatable bonds is 7. The lowest BCUT2D eigenvalue weighted by Crippen LogP contribution is -2.34. The normalized spacial score (nSPS) is 11.8. The van der Waals surface area contributed by atoms with Gasteiger partial charge in [0.2, 0.25) is 10.0 Å². The third-order valence-electron chi connectivity index (χ3n) is 2.65. The summed E-state index contributed by atoms with van der Waals surface area (Å²) in [7, 11) is -1.78. The molecule has 18 heavy (non-hydrogen) atoms. The second-order valence-electron chi connectivity index (χ2n) is 3.77. The maximum Gasteiger partial charge on any atom is 0.214 e. The zero-order valence-corrected chi connectivity index (χ0v) is 11.5. The minimum absolute atomic E-state index is 0.0160. The summed E-state index contributed by atoms with van der Waals surface area (Å²) in [6, 6.07) is 7.25. The molecule has 0 aromatic heterocycles. The Morgan fingerprint density at radius 2 is 2.00 bits per heavy atom. The highest BCUT2D eigenvalue weighted by Gasteiger charge is 2.20. The first-order chi connectivity index (χ1) is 8.55. The summed E-state index contributed by atoms with van der Waals surface area (Å²) in [4.78, 5) is 0. The lowest BCUT2D eigenvalue weighted by atomic mass is 10.2. The van der Waals surface area contributed by atoms with Crippen molar-refractivity contribution in [3.05, 3.63) is 29.8 Å². The van der Waals surface area contributed by atoms with Gasteiger partial charge in [-0.15, -0.1) is 0 Å². The Balaban J connectivity index is 2.97. The third-order valence-corrected chi connectivity index (χ3v) is 4.47. The van der Waals surface area contributed by atoms with Gasteiger partial charge >= 0.3 is 0 Å². The van der Waals surface area contributed by atoms with E-state index in [4.69, 9.17) is 9.84 Å². The van der Waals surface area contributed by atoms with Gasteiger partial charge in [-0.1, -0.05) is 18.2 Å². The van der Waals surface area contributed by atoms with Gasteiger partial charge in [0.25, 0.3) is 0 Å². The molecule has 0 radical (unpaired) electrons. The fourth-order valence-electron chi connectivity index (χ4n) is 1.63. The summed E-state index contributed by atoms with van der Waals surface area (Å²) >= 11 is 0. The Labute approximate surface area is 108 Å². The second-order valence-corrected chi connectivity index (χ2v) is 6.03. The molecule has 0 spiro atoms. The van der Waals surface area contributed by atoms with Gasteiger partial charge in [-0.2, -0.15) is 4.31 Å². The number of ether oxygens (including phenoxy) is 1. The molecule has 0 aliphatic carbocycles. The van der Waals surface area contributed by atoms with Crippen LogP contribution in [0.2, 0.25) is 0 Å². The van der Waals surface area contributed by atoms with Crippen LogP contribution >= 0.6 is 0 Å². The van der Waals surface area contributed by atoms with E-state index in [-0.39, 0.29) is 25.4 Å². The molecule has 1 rings (SSSR count). The van der Waals surface area contributed by atoms with Crippen molar-refractivity contribution in [2.75, 3.05) is 26.0 Å². The molecule has 6 heteroatoms. The quantitative estimate of drug-likeness (QED) is 0.799. The minimum atomic E-state index is -3.33. The van der Waals surface area contributed by atoms with Crippen LogP contribution in [0.25, 0.3) is 0 Å². The molecule has 0 aliphatic rings. The monoisotopic (exact) mass is 273 g/mol. The van der Waals surface area contributed by atoms with Gasteiger partial charge in [-0.3, -0.25) is 0 Å². The summed E-state index contributed by atoms with van der Waals surface area (Å²) in [6.45, 7) is 1.69. The van der Waals surface area contributed by atoms with E-state index in [1.807, 2.05) is 18.2 Å². The Hall–Kier alpha value is -1.11. The number of aliphatic hydroxyl groups is 1. The van der Waals surface area contributed by atoms with Crippen molar-refractivity contribution in [2.24, 2.45) is 0 Å². The molecule has 5 nitrogen and oxygen atoms in total. The molecule has 0 fully saturated rings. The Morgan fingerprint density at radius 1 is 1.33 bits per heavy atom. The number of sulfonamides is 1. The van der Waals surface area contributed by atoms with Gasteiger partial charge in [-0.25, -0.2) is 8.42 Å². The highest BCUT2D eigenvalue weighted by molar-refractivity contribution is 7.89. The summed E-state index contributed by atoms with van der Waals surface area (Å²) in [5.74, 6) is 0.661. The molecular formula is C12H19NO4S. The van der Waals surface area contributed by atoms with E-state index in [2.05, 4.69) is 0 Å². The van der Waals surface area contributed by atoms with Gasteiger partial charge in [0.15, 0.2) is 0 Å². The molecule has 0 atom stereocenters. The molecule has 102 valence electrons. The lowest BCUT2D eigenvalue weighted by molar-refractivity contribution is 0.250. The fourth-order valence-corrected chi connectivity index (χ4v) is 2.69. The molecular weight excluding hydrogens is 254 g/mol. The molecule has 0 saturated heterocycles. The Bertz CT molecular complexity index is 473. The maximum absolute atomic E-state index is 11.9. The number of aliphatic hydroxyl groups excluding tert-OH is 1. The number of methoxy groups -OCH3 is 1. The van der Waals surface area contributed by atoms with Crippen LogP contribution in [-0.2, 0) is 16.6 Å². The Morgan fingerprint density at radius 3 is 2.56 bits per heavy atom. The molecule has 0 amide bonds. The first-order valence-electron chi connectivity index (χ1n) is 5.75. The molecule has 0 aliphatic heterocycles. The van der Waals surface area contributed by atoms with E-state index in [9.17, 15) is 8.42 Å². The number of nitrogens with zero attached hydrogens (tertiary/aromatic N) is 1. The third kappa shape index (κ3) is 3.69. The van der Waals surface area contributed by atoms with Crippen LogP contribution < -0.4 is 4.74 Å². The minimum Gasteiger partial charge on any atom is -0.496 e. The van der Waals surface area contributed by atoms with Crippen molar-refractivity contribution in [3.8, 4) is 5.75 Å². The summed E-state index contributed by atoms with van der Waals surface area (Å²) in [5, 5.41) is 8.96. The van der Waals surface area contributed by atoms with Crippen molar-refractivity contribution in [2.45, 2.75) is 13.5 Å². The summed E-state index contributed by atoms with van der Waals surface area (Å²) < 4.78 is 30.2. The van der Waals surface area contributed by atoms with E-state index in [0.717, 1.165) is 5.56 Å². The van der Waals surface area contributed by atoms with Gasteiger partial charge in [0.1, 0.15) is 5.75 Å².